The van der Waals surface area contributed by atoms with Crippen molar-refractivity contribution in [2.75, 3.05) is 13.2 Å². The van der Waals surface area contributed by atoms with Gasteiger partial charge in [-0.2, -0.15) is 0 Å². The number of hydrogen-bond acceptors (Lipinski definition) is 8. The van der Waals surface area contributed by atoms with E-state index in [2.05, 4.69) is 10.3 Å². The summed E-state index contributed by atoms with van der Waals surface area (Å²) >= 11 is 0. The molecule has 1 aliphatic rings. The highest BCUT2D eigenvalue weighted by Gasteiger charge is 2.49. The summed E-state index contributed by atoms with van der Waals surface area (Å²) in [5.41, 5.74) is 3.50. The van der Waals surface area contributed by atoms with Crippen LogP contribution in [0.25, 0.3) is 11.0 Å². The van der Waals surface area contributed by atoms with E-state index in [9.17, 15) is 24.5 Å². The SMILES string of the molecule is CCCC(=O)NC[C@@H](C)OP(=O)(O)O[C@H]1[C@@H](O)[C@@H](n2cnc3cc(C)c(C)cc32)O[C@@H]1CO. The van der Waals surface area contributed by atoms with Crippen LogP contribution in [-0.4, -0.2) is 68.1 Å². The Kier molecular flexibility index (Phi) is 8.28. The minimum absolute atomic E-state index is 0.0162. The average Bonchev–Trinajstić information content (AvgIpc) is 3.27. The number of nitrogens with zero attached hydrogens (tertiary/aromatic N) is 2. The van der Waals surface area contributed by atoms with Crippen LogP contribution < -0.4 is 5.32 Å². The molecule has 11 nitrogen and oxygen atoms in total. The summed E-state index contributed by atoms with van der Waals surface area (Å²) in [6, 6.07) is 3.82. The fraction of sp³-hybridized carbons (Fsp3) is 0.619. The van der Waals surface area contributed by atoms with Crippen molar-refractivity contribution in [1.29, 1.82) is 0 Å². The first kappa shape index (κ1) is 25.8. The quantitative estimate of drug-likeness (QED) is 0.369. The number of aliphatic hydroxyl groups excluding tert-OH is 2. The molecule has 1 aromatic heterocycles. The standard InChI is InChI=1S/C21H32N3O8P/c1-5-6-18(26)22-9-14(4)31-33(28,29)32-20-17(10-25)30-21(19(20)27)24-11-23-15-7-12(2)13(3)8-16(15)24/h7-8,11,14,17,19-21,25,27H,5-6,9-10H2,1-4H3,(H,22,26)(H,28,29)/t14-,17-,19-,20-,21+/m1/s1. The number of aliphatic hydroxyl groups is 2. The largest absolute Gasteiger partial charge is 0.472 e. The second-order valence-corrected chi connectivity index (χ2v) is 9.68. The summed E-state index contributed by atoms with van der Waals surface area (Å²) in [5, 5.41) is 23.2. The fourth-order valence-electron chi connectivity index (χ4n) is 3.73. The number of hydrogen-bond donors (Lipinski definition) is 4. The van der Waals surface area contributed by atoms with Crippen molar-refractivity contribution in [2.45, 2.75) is 71.2 Å². The number of benzene rings is 1. The van der Waals surface area contributed by atoms with Crippen LogP contribution in [-0.2, 0) is 23.1 Å². The fourth-order valence-corrected chi connectivity index (χ4v) is 4.88. The van der Waals surface area contributed by atoms with Crippen molar-refractivity contribution in [3.05, 3.63) is 29.6 Å². The monoisotopic (exact) mass is 485 g/mol. The maximum atomic E-state index is 12.6. The average molecular weight is 485 g/mol. The summed E-state index contributed by atoms with van der Waals surface area (Å²) in [4.78, 5) is 26.2. The number of amides is 1. The second kappa shape index (κ2) is 10.6. The van der Waals surface area contributed by atoms with E-state index >= 15 is 0 Å². The first-order valence-corrected chi connectivity index (χ1v) is 12.4. The van der Waals surface area contributed by atoms with Crippen LogP contribution in [0.1, 0.15) is 44.0 Å². The Balaban J connectivity index is 1.71. The molecular formula is C21H32N3O8P. The Morgan fingerprint density at radius 1 is 1.36 bits per heavy atom. The van der Waals surface area contributed by atoms with Gasteiger partial charge in [-0.25, -0.2) is 9.55 Å². The van der Waals surface area contributed by atoms with E-state index in [0.29, 0.717) is 23.9 Å². The van der Waals surface area contributed by atoms with Crippen LogP contribution in [0, 0.1) is 13.8 Å². The van der Waals surface area contributed by atoms with Gasteiger partial charge in [-0.15, -0.1) is 0 Å². The number of fused-ring (bicyclic) bond motifs is 1. The zero-order valence-corrected chi connectivity index (χ0v) is 20.1. The topological polar surface area (TPSA) is 152 Å². The van der Waals surface area contributed by atoms with Gasteiger partial charge in [0.1, 0.15) is 18.3 Å². The van der Waals surface area contributed by atoms with E-state index in [1.54, 1.807) is 4.57 Å². The zero-order valence-electron chi connectivity index (χ0n) is 19.2. The lowest BCUT2D eigenvalue weighted by atomic mass is 10.1. The highest BCUT2D eigenvalue weighted by molar-refractivity contribution is 7.47. The van der Waals surface area contributed by atoms with Crippen molar-refractivity contribution in [3.8, 4) is 0 Å². The van der Waals surface area contributed by atoms with Gasteiger partial charge in [0.2, 0.25) is 5.91 Å². The molecule has 0 saturated carbocycles. The first-order chi connectivity index (χ1) is 15.6. The molecule has 1 amide bonds. The van der Waals surface area contributed by atoms with Gasteiger partial charge in [-0.05, 0) is 50.5 Å². The Morgan fingerprint density at radius 3 is 2.73 bits per heavy atom. The number of aromatic nitrogens is 2. The van der Waals surface area contributed by atoms with Crippen molar-refractivity contribution in [2.24, 2.45) is 0 Å². The van der Waals surface area contributed by atoms with E-state index < -0.39 is 45.1 Å². The number of phosphoric ester groups is 1. The molecule has 3 rings (SSSR count). The van der Waals surface area contributed by atoms with Crippen molar-refractivity contribution in [3.63, 3.8) is 0 Å². The highest BCUT2D eigenvalue weighted by Crippen LogP contribution is 2.49. The molecule has 1 unspecified atom stereocenters. The van der Waals surface area contributed by atoms with Crippen molar-refractivity contribution < 1.29 is 38.3 Å². The van der Waals surface area contributed by atoms with Crippen LogP contribution in [0.15, 0.2) is 18.5 Å². The molecule has 2 aromatic rings. The van der Waals surface area contributed by atoms with Crippen LogP contribution in [0.4, 0.5) is 0 Å². The molecule has 0 aliphatic carbocycles. The molecule has 33 heavy (non-hydrogen) atoms. The van der Waals surface area contributed by atoms with E-state index in [1.807, 2.05) is 32.9 Å². The maximum Gasteiger partial charge on any atom is 0.472 e. The van der Waals surface area contributed by atoms with Gasteiger partial charge < -0.3 is 29.7 Å². The minimum atomic E-state index is -4.65. The van der Waals surface area contributed by atoms with E-state index in [0.717, 1.165) is 11.1 Å². The van der Waals surface area contributed by atoms with Crippen LogP contribution in [0.3, 0.4) is 0 Å². The molecular weight excluding hydrogens is 453 g/mol. The predicted octanol–water partition coefficient (Wildman–Crippen LogP) is 1.71. The Morgan fingerprint density at radius 2 is 2.06 bits per heavy atom. The number of imidazole rings is 1. The van der Waals surface area contributed by atoms with Crippen molar-refractivity contribution >= 4 is 24.8 Å². The molecule has 0 radical (unpaired) electrons. The van der Waals surface area contributed by atoms with Gasteiger partial charge in [-0.1, -0.05) is 6.92 Å². The van der Waals surface area contributed by atoms with E-state index in [-0.39, 0.29) is 12.5 Å². The Hall–Kier alpha value is -1.85. The number of ether oxygens (including phenoxy) is 1. The predicted molar refractivity (Wildman–Crippen MR) is 119 cm³/mol. The number of carbonyl (C=O) groups excluding carboxylic acids is 1. The smallest absolute Gasteiger partial charge is 0.394 e. The van der Waals surface area contributed by atoms with Crippen LogP contribution in [0.2, 0.25) is 0 Å². The van der Waals surface area contributed by atoms with E-state index in [1.165, 1.54) is 13.3 Å². The molecule has 1 aliphatic heterocycles. The third kappa shape index (κ3) is 5.99. The Bertz CT molecular complexity index is 1030. The van der Waals surface area contributed by atoms with E-state index in [4.69, 9.17) is 13.8 Å². The summed E-state index contributed by atoms with van der Waals surface area (Å²) < 4.78 is 30.3. The summed E-state index contributed by atoms with van der Waals surface area (Å²) in [6.07, 6.45) is -3.09. The number of nitrogens with one attached hydrogen (secondary N) is 1. The molecule has 1 fully saturated rings. The van der Waals surface area contributed by atoms with Gasteiger partial charge in [0.05, 0.1) is 30.1 Å². The molecule has 0 spiro atoms. The third-order valence-electron chi connectivity index (χ3n) is 5.59. The second-order valence-electron chi connectivity index (χ2n) is 8.32. The van der Waals surface area contributed by atoms with Gasteiger partial charge in [0, 0.05) is 13.0 Å². The summed E-state index contributed by atoms with van der Waals surface area (Å²) in [7, 11) is -4.65. The first-order valence-electron chi connectivity index (χ1n) is 10.9. The molecule has 12 heteroatoms. The Labute approximate surface area is 192 Å². The summed E-state index contributed by atoms with van der Waals surface area (Å²) in [6.45, 7) is 6.76. The molecule has 184 valence electrons. The van der Waals surface area contributed by atoms with Crippen LogP contribution in [0.5, 0.6) is 0 Å². The lowest BCUT2D eigenvalue weighted by Gasteiger charge is -2.24. The number of carbonyl (C=O) groups is 1. The van der Waals surface area contributed by atoms with Gasteiger partial charge in [-0.3, -0.25) is 13.8 Å². The van der Waals surface area contributed by atoms with Gasteiger partial charge >= 0.3 is 7.82 Å². The molecule has 1 aromatic carbocycles. The maximum absolute atomic E-state index is 12.6. The third-order valence-corrected chi connectivity index (χ3v) is 6.72. The molecule has 4 N–H and O–H groups in total. The molecule has 1 saturated heterocycles. The molecule has 0 bridgehead atoms. The summed E-state index contributed by atoms with van der Waals surface area (Å²) in [5.74, 6) is -0.192. The number of rotatable bonds is 10. The molecule has 6 atom stereocenters. The normalized spacial score (nSPS) is 25.8. The lowest BCUT2D eigenvalue weighted by molar-refractivity contribution is -0.121. The number of phosphoric acid groups is 1. The lowest BCUT2D eigenvalue weighted by Crippen LogP contribution is -2.36. The van der Waals surface area contributed by atoms with Gasteiger partial charge in [0.25, 0.3) is 0 Å². The van der Waals surface area contributed by atoms with Crippen molar-refractivity contribution in [1.82, 2.24) is 14.9 Å². The highest BCUT2D eigenvalue weighted by atomic mass is 31.2. The van der Waals surface area contributed by atoms with Crippen LogP contribution >= 0.6 is 7.82 Å². The minimum Gasteiger partial charge on any atom is -0.394 e. The zero-order chi connectivity index (χ0) is 24.3. The van der Waals surface area contributed by atoms with Gasteiger partial charge in [0.15, 0.2) is 6.23 Å². The number of aryl methyl sites for hydroxylation is 2. The molecule has 2 heterocycles.